The van der Waals surface area contributed by atoms with Gasteiger partial charge in [-0.2, -0.15) is 17.0 Å². The van der Waals surface area contributed by atoms with E-state index < -0.39 is 10.2 Å². The van der Waals surface area contributed by atoms with E-state index in [1.165, 1.54) is 27.0 Å². The summed E-state index contributed by atoms with van der Waals surface area (Å²) in [6.45, 7) is 1.02. The maximum Gasteiger partial charge on any atom is 0.281 e. The third kappa shape index (κ3) is 3.16. The molecule has 2 N–H and O–H groups in total. The van der Waals surface area contributed by atoms with Gasteiger partial charge in [-0.25, -0.2) is 0 Å². The zero-order valence-electron chi connectivity index (χ0n) is 13.8. The first kappa shape index (κ1) is 16.5. The van der Waals surface area contributed by atoms with Crippen LogP contribution in [0.2, 0.25) is 0 Å². The molecule has 1 aliphatic heterocycles. The molecule has 126 valence electrons. The molecular weight excluding hydrogens is 310 g/mol. The predicted octanol–water partition coefficient (Wildman–Crippen LogP) is 2.43. The molecule has 1 heterocycles. The molecule has 6 heteroatoms. The van der Waals surface area contributed by atoms with Crippen molar-refractivity contribution in [3.8, 4) is 0 Å². The van der Waals surface area contributed by atoms with Crippen molar-refractivity contribution < 1.29 is 8.42 Å². The van der Waals surface area contributed by atoms with Gasteiger partial charge in [-0.3, -0.25) is 0 Å². The van der Waals surface area contributed by atoms with Crippen LogP contribution in [0.15, 0.2) is 24.3 Å². The third-order valence-electron chi connectivity index (χ3n) is 4.93. The van der Waals surface area contributed by atoms with Gasteiger partial charge in [-0.15, -0.1) is 0 Å². The lowest BCUT2D eigenvalue weighted by molar-refractivity contribution is 0.309. The molecule has 1 aliphatic carbocycles. The van der Waals surface area contributed by atoms with Gasteiger partial charge in [0.05, 0.1) is 0 Å². The predicted molar refractivity (Wildman–Crippen MR) is 94.2 cm³/mol. The summed E-state index contributed by atoms with van der Waals surface area (Å²) in [5.41, 5.74) is 10.6. The first-order valence-corrected chi connectivity index (χ1v) is 9.55. The van der Waals surface area contributed by atoms with E-state index >= 15 is 0 Å². The number of rotatable bonds is 2. The van der Waals surface area contributed by atoms with Gasteiger partial charge in [0.2, 0.25) is 0 Å². The highest BCUT2D eigenvalue weighted by molar-refractivity contribution is 7.86. The van der Waals surface area contributed by atoms with Gasteiger partial charge in [-0.1, -0.05) is 12.1 Å². The minimum absolute atomic E-state index is 0.164. The first-order valence-electron chi connectivity index (χ1n) is 8.16. The van der Waals surface area contributed by atoms with Crippen LogP contribution < -0.4 is 5.73 Å². The van der Waals surface area contributed by atoms with Gasteiger partial charge in [0.25, 0.3) is 10.2 Å². The maximum atomic E-state index is 12.1. The lowest BCUT2D eigenvalue weighted by Gasteiger charge is -2.35. The molecule has 23 heavy (non-hydrogen) atoms. The summed E-state index contributed by atoms with van der Waals surface area (Å²) in [4.78, 5) is 0. The highest BCUT2D eigenvalue weighted by Gasteiger charge is 2.34. The maximum absolute atomic E-state index is 12.1. The normalized spacial score (nSPS) is 23.7. The van der Waals surface area contributed by atoms with Crippen molar-refractivity contribution in [2.45, 2.75) is 31.6 Å². The molecule has 0 amide bonds. The lowest BCUT2D eigenvalue weighted by Crippen LogP contribution is -2.49. The minimum atomic E-state index is -3.29. The van der Waals surface area contributed by atoms with E-state index in [-0.39, 0.29) is 5.92 Å². The smallest absolute Gasteiger partial charge is 0.281 e. The average Bonchev–Trinajstić information content (AvgIpc) is 2.54. The van der Waals surface area contributed by atoms with E-state index in [1.807, 2.05) is 12.1 Å². The van der Waals surface area contributed by atoms with E-state index in [0.717, 1.165) is 29.7 Å². The molecule has 3 rings (SSSR count). The second kappa shape index (κ2) is 6.26. The number of nitrogens with two attached hydrogens (primary N) is 1. The van der Waals surface area contributed by atoms with Gasteiger partial charge >= 0.3 is 0 Å². The molecule has 0 radical (unpaired) electrons. The van der Waals surface area contributed by atoms with Crippen molar-refractivity contribution in [1.82, 2.24) is 8.61 Å². The summed E-state index contributed by atoms with van der Waals surface area (Å²) in [5.74, 6) is 0.164. The van der Waals surface area contributed by atoms with E-state index in [0.29, 0.717) is 13.1 Å². The summed E-state index contributed by atoms with van der Waals surface area (Å²) >= 11 is 0. The van der Waals surface area contributed by atoms with Crippen molar-refractivity contribution in [3.63, 3.8) is 0 Å². The molecule has 0 bridgehead atoms. The summed E-state index contributed by atoms with van der Waals surface area (Å²) in [5, 5.41) is 0. The van der Waals surface area contributed by atoms with Crippen LogP contribution in [-0.2, 0) is 10.2 Å². The molecule has 1 aromatic rings. The molecule has 0 unspecified atom stereocenters. The number of nitrogens with zero attached hydrogens (tertiary/aromatic N) is 2. The molecule has 0 spiro atoms. The molecule has 2 aliphatic rings. The molecule has 0 saturated carbocycles. The van der Waals surface area contributed by atoms with Crippen LogP contribution >= 0.6 is 0 Å². The Kier molecular flexibility index (Phi) is 4.49. The fraction of sp³-hybridized carbons (Fsp3) is 0.529. The number of likely N-dealkylation sites (N-methyl/N-ethyl adjacent to an activating group) is 2. The fourth-order valence-electron chi connectivity index (χ4n) is 3.50. The Morgan fingerprint density at radius 3 is 2.43 bits per heavy atom. The average molecular weight is 335 g/mol. The van der Waals surface area contributed by atoms with Crippen LogP contribution in [0.3, 0.4) is 0 Å². The monoisotopic (exact) mass is 335 g/mol. The molecular formula is C17H25N3O2S. The summed E-state index contributed by atoms with van der Waals surface area (Å²) in [6, 6.07) is 6.16. The van der Waals surface area contributed by atoms with Crippen molar-refractivity contribution in [2.75, 3.05) is 32.9 Å². The molecule has 0 aromatic heterocycles. The van der Waals surface area contributed by atoms with E-state index in [1.54, 1.807) is 14.1 Å². The molecule has 1 saturated heterocycles. The van der Waals surface area contributed by atoms with Gasteiger partial charge in [0.15, 0.2) is 0 Å². The van der Waals surface area contributed by atoms with Gasteiger partial charge in [0.1, 0.15) is 0 Å². The van der Waals surface area contributed by atoms with Gasteiger partial charge in [0, 0.05) is 44.4 Å². The topological polar surface area (TPSA) is 66.6 Å². The van der Waals surface area contributed by atoms with Gasteiger partial charge in [-0.05, 0) is 49.0 Å². The Morgan fingerprint density at radius 1 is 1.13 bits per heavy atom. The first-order chi connectivity index (χ1) is 10.9. The minimum Gasteiger partial charge on any atom is -0.398 e. The molecule has 5 nitrogen and oxygen atoms in total. The largest absolute Gasteiger partial charge is 0.398 e. The van der Waals surface area contributed by atoms with E-state index in [9.17, 15) is 8.42 Å². The number of nitrogen functional groups attached to an aromatic ring is 1. The zero-order chi connectivity index (χ0) is 16.6. The number of benzene rings is 1. The van der Waals surface area contributed by atoms with Crippen LogP contribution in [0.4, 0.5) is 5.69 Å². The van der Waals surface area contributed by atoms with Gasteiger partial charge < -0.3 is 5.73 Å². The standard InChI is InChI=1S/C17H25N3O2S/c1-19-11-15(12-20(2)23(19,21)22)14-8-9-17(18)16(10-14)13-6-4-3-5-7-13/h6,8-10,15H,3-5,7,11-12,18H2,1-2H3. The molecule has 1 fully saturated rings. The van der Waals surface area contributed by atoms with Crippen LogP contribution in [-0.4, -0.2) is 44.2 Å². The second-order valence-electron chi connectivity index (χ2n) is 6.59. The fourth-order valence-corrected chi connectivity index (χ4v) is 4.72. The Labute approximate surface area is 139 Å². The van der Waals surface area contributed by atoms with Crippen molar-refractivity contribution in [2.24, 2.45) is 0 Å². The highest BCUT2D eigenvalue weighted by Crippen LogP contribution is 2.34. The number of hydrogen-bond donors (Lipinski definition) is 1. The Morgan fingerprint density at radius 2 is 1.83 bits per heavy atom. The molecule has 0 atom stereocenters. The van der Waals surface area contributed by atoms with Crippen molar-refractivity contribution in [3.05, 3.63) is 35.4 Å². The second-order valence-corrected chi connectivity index (χ2v) is 8.73. The lowest BCUT2D eigenvalue weighted by atomic mass is 9.89. The number of allylic oxidation sites excluding steroid dienone is 2. The summed E-state index contributed by atoms with van der Waals surface area (Å²) in [7, 11) is -0.0117. The summed E-state index contributed by atoms with van der Waals surface area (Å²) < 4.78 is 27.0. The zero-order valence-corrected chi connectivity index (χ0v) is 14.6. The van der Waals surface area contributed by atoms with Crippen molar-refractivity contribution in [1.29, 1.82) is 0 Å². The third-order valence-corrected chi connectivity index (χ3v) is 6.80. The quantitative estimate of drug-likeness (QED) is 0.844. The number of hydrogen-bond acceptors (Lipinski definition) is 3. The van der Waals surface area contributed by atoms with E-state index in [2.05, 4.69) is 12.1 Å². The molecule has 1 aromatic carbocycles. The van der Waals surface area contributed by atoms with Crippen LogP contribution in [0.5, 0.6) is 0 Å². The van der Waals surface area contributed by atoms with Crippen LogP contribution in [0, 0.1) is 0 Å². The Balaban J connectivity index is 1.91. The highest BCUT2D eigenvalue weighted by atomic mass is 32.2. The van der Waals surface area contributed by atoms with Crippen LogP contribution in [0.1, 0.15) is 42.7 Å². The summed E-state index contributed by atoms with van der Waals surface area (Å²) in [6.07, 6.45) is 6.95. The van der Waals surface area contributed by atoms with Crippen LogP contribution in [0.25, 0.3) is 5.57 Å². The Hall–Kier alpha value is -1.37. The Bertz CT molecular complexity index is 709. The SMILES string of the molecule is CN1CC(c2ccc(N)c(C3=CCCCC3)c2)CN(C)S1(=O)=O. The number of anilines is 1. The van der Waals surface area contributed by atoms with E-state index in [4.69, 9.17) is 5.73 Å². The van der Waals surface area contributed by atoms with Crippen molar-refractivity contribution >= 4 is 21.5 Å².